The Morgan fingerprint density at radius 2 is 2.00 bits per heavy atom. The maximum atomic E-state index is 12.6. The first kappa shape index (κ1) is 20.4. The van der Waals surface area contributed by atoms with Crippen molar-refractivity contribution in [2.45, 2.75) is 19.5 Å². The summed E-state index contributed by atoms with van der Waals surface area (Å²) in [5.41, 5.74) is 0.666. The van der Waals surface area contributed by atoms with Crippen LogP contribution in [0.4, 0.5) is 20.4 Å². The lowest BCUT2D eigenvalue weighted by Gasteiger charge is -2.30. The van der Waals surface area contributed by atoms with E-state index in [2.05, 4.69) is 15.0 Å². The van der Waals surface area contributed by atoms with Gasteiger partial charge in [-0.2, -0.15) is 19.0 Å². The van der Waals surface area contributed by atoms with Gasteiger partial charge in [0.1, 0.15) is 11.8 Å². The number of hydrogen-bond acceptors (Lipinski definition) is 7. The van der Waals surface area contributed by atoms with E-state index in [0.717, 1.165) is 0 Å². The number of nitrogens with one attached hydrogen (secondary N) is 1. The van der Waals surface area contributed by atoms with Gasteiger partial charge in [0.25, 0.3) is 5.89 Å². The van der Waals surface area contributed by atoms with Crippen LogP contribution in [0.1, 0.15) is 18.5 Å². The van der Waals surface area contributed by atoms with Crippen molar-refractivity contribution in [1.82, 2.24) is 4.98 Å². The van der Waals surface area contributed by atoms with Crippen LogP contribution in [0.25, 0.3) is 11.7 Å². The molecule has 3 aromatic rings. The highest BCUT2D eigenvalue weighted by molar-refractivity contribution is 5.92. The van der Waals surface area contributed by atoms with E-state index in [1.807, 2.05) is 11.0 Å². The lowest BCUT2D eigenvalue weighted by Crippen LogP contribution is -2.38. The van der Waals surface area contributed by atoms with Gasteiger partial charge in [0.05, 0.1) is 6.26 Å². The molecule has 4 rings (SSSR count). The number of halogens is 2. The topological polar surface area (TPSA) is 105 Å². The number of oxazole rings is 1. The van der Waals surface area contributed by atoms with Crippen molar-refractivity contribution in [2.75, 3.05) is 23.3 Å². The van der Waals surface area contributed by atoms with Gasteiger partial charge < -0.3 is 23.8 Å². The minimum Gasteiger partial charge on any atom is -0.459 e. The summed E-state index contributed by atoms with van der Waals surface area (Å²) in [7, 11) is 0. The van der Waals surface area contributed by atoms with Crippen molar-refractivity contribution in [3.63, 3.8) is 0 Å². The number of hydrogen-bond donors (Lipinski definition) is 1. The zero-order chi connectivity index (χ0) is 21.8. The Bertz CT molecular complexity index is 1070. The third-order valence-corrected chi connectivity index (χ3v) is 4.95. The highest BCUT2D eigenvalue weighted by atomic mass is 19.3. The van der Waals surface area contributed by atoms with E-state index < -0.39 is 6.61 Å². The molecule has 1 saturated heterocycles. The number of carbonyl (C=O) groups is 1. The van der Waals surface area contributed by atoms with Gasteiger partial charge in [0.2, 0.25) is 17.5 Å². The Morgan fingerprint density at radius 1 is 1.26 bits per heavy atom. The molecule has 1 aliphatic heterocycles. The Labute approximate surface area is 176 Å². The highest BCUT2D eigenvalue weighted by Gasteiger charge is 2.29. The van der Waals surface area contributed by atoms with E-state index in [4.69, 9.17) is 8.83 Å². The van der Waals surface area contributed by atoms with Crippen LogP contribution in [0.3, 0.4) is 0 Å². The van der Waals surface area contributed by atoms with Gasteiger partial charge in [-0.1, -0.05) is 0 Å². The normalized spacial score (nSPS) is 14.5. The van der Waals surface area contributed by atoms with Crippen LogP contribution in [0.15, 0.2) is 51.5 Å². The Hall–Kier alpha value is -3.87. The van der Waals surface area contributed by atoms with Crippen molar-refractivity contribution in [1.29, 1.82) is 5.26 Å². The second kappa shape index (κ2) is 8.87. The molecule has 0 bridgehead atoms. The molecule has 3 heterocycles. The molecule has 0 saturated carbocycles. The van der Waals surface area contributed by atoms with Gasteiger partial charge in [0.15, 0.2) is 5.76 Å². The van der Waals surface area contributed by atoms with Crippen LogP contribution in [0, 0.1) is 17.2 Å². The summed E-state index contributed by atoms with van der Waals surface area (Å²) in [6.07, 6.45) is 2.61. The third kappa shape index (κ3) is 4.66. The Balaban J connectivity index is 1.35. The largest absolute Gasteiger partial charge is 0.459 e. The first-order chi connectivity index (χ1) is 15.0. The molecule has 1 aromatic carbocycles. The maximum absolute atomic E-state index is 12.6. The molecular weight excluding hydrogens is 410 g/mol. The van der Waals surface area contributed by atoms with E-state index in [0.29, 0.717) is 43.3 Å². The first-order valence-electron chi connectivity index (χ1n) is 9.59. The van der Waals surface area contributed by atoms with Gasteiger partial charge in [-0.3, -0.25) is 4.79 Å². The molecule has 1 fully saturated rings. The molecule has 0 spiro atoms. The number of ether oxygens (including phenoxy) is 1. The second-order valence-electron chi connectivity index (χ2n) is 6.92. The number of rotatable bonds is 6. The molecule has 0 atom stereocenters. The van der Waals surface area contributed by atoms with Gasteiger partial charge >= 0.3 is 6.61 Å². The summed E-state index contributed by atoms with van der Waals surface area (Å²) in [6, 6.07) is 11.2. The fourth-order valence-electron chi connectivity index (χ4n) is 3.41. The summed E-state index contributed by atoms with van der Waals surface area (Å²) in [4.78, 5) is 18.6. The Morgan fingerprint density at radius 3 is 2.61 bits per heavy atom. The predicted molar refractivity (Wildman–Crippen MR) is 106 cm³/mol. The van der Waals surface area contributed by atoms with Gasteiger partial charge in [-0.25, -0.2) is 0 Å². The van der Waals surface area contributed by atoms with Gasteiger partial charge in [-0.05, 0) is 49.2 Å². The number of furan rings is 1. The number of nitriles is 1. The first-order valence-corrected chi connectivity index (χ1v) is 9.59. The lowest BCUT2D eigenvalue weighted by atomic mass is 9.96. The van der Waals surface area contributed by atoms with Crippen LogP contribution in [0.2, 0.25) is 0 Å². The minimum atomic E-state index is -2.90. The molecule has 1 amide bonds. The lowest BCUT2D eigenvalue weighted by molar-refractivity contribution is -0.120. The average molecular weight is 428 g/mol. The number of alkyl halides is 2. The zero-order valence-corrected chi connectivity index (χ0v) is 16.3. The van der Waals surface area contributed by atoms with E-state index in [1.54, 1.807) is 12.1 Å². The molecule has 160 valence electrons. The van der Waals surface area contributed by atoms with Crippen molar-refractivity contribution in [3.05, 3.63) is 48.4 Å². The van der Waals surface area contributed by atoms with Crippen molar-refractivity contribution in [3.8, 4) is 23.5 Å². The summed E-state index contributed by atoms with van der Waals surface area (Å²) in [6.45, 7) is -1.87. The monoisotopic (exact) mass is 428 g/mol. The standard InChI is InChI=1S/C21H18F2N4O4/c22-21(23)30-15-5-3-14(4-6-15)25-18(28)13-7-9-27(10-8-13)20-16(12-24)26-19(31-20)17-2-1-11-29-17/h1-6,11,13,21H,7-10H2,(H,25,28). The number of anilines is 2. The van der Waals surface area contributed by atoms with E-state index >= 15 is 0 Å². The highest BCUT2D eigenvalue weighted by Crippen LogP contribution is 2.31. The number of aromatic nitrogens is 1. The molecule has 2 aromatic heterocycles. The predicted octanol–water partition coefficient (Wildman–Crippen LogP) is 4.26. The van der Waals surface area contributed by atoms with Crippen molar-refractivity contribution in [2.24, 2.45) is 5.92 Å². The summed E-state index contributed by atoms with van der Waals surface area (Å²) >= 11 is 0. The molecule has 1 aliphatic rings. The smallest absolute Gasteiger partial charge is 0.387 e. The van der Waals surface area contributed by atoms with Crippen molar-refractivity contribution < 1.29 is 27.1 Å². The summed E-state index contributed by atoms with van der Waals surface area (Å²) < 4.78 is 39.8. The van der Waals surface area contributed by atoms with Crippen LogP contribution in [-0.4, -0.2) is 30.6 Å². The quantitative estimate of drug-likeness (QED) is 0.625. The van der Waals surface area contributed by atoms with Crippen LogP contribution in [-0.2, 0) is 4.79 Å². The van der Waals surface area contributed by atoms with E-state index in [1.165, 1.54) is 30.5 Å². The molecular formula is C21H18F2N4O4. The van der Waals surface area contributed by atoms with Crippen LogP contribution >= 0.6 is 0 Å². The number of piperidine rings is 1. The molecule has 8 nitrogen and oxygen atoms in total. The van der Waals surface area contributed by atoms with E-state index in [-0.39, 0.29) is 29.2 Å². The zero-order valence-electron chi connectivity index (χ0n) is 16.3. The van der Waals surface area contributed by atoms with Gasteiger partial charge in [-0.15, -0.1) is 0 Å². The molecule has 0 unspecified atom stereocenters. The molecule has 31 heavy (non-hydrogen) atoms. The number of benzene rings is 1. The van der Waals surface area contributed by atoms with Gasteiger partial charge in [0, 0.05) is 24.7 Å². The Kier molecular flexibility index (Phi) is 5.84. The number of carbonyl (C=O) groups excluding carboxylic acids is 1. The van der Waals surface area contributed by atoms with Crippen LogP contribution in [0.5, 0.6) is 5.75 Å². The SMILES string of the molecule is N#Cc1nc(-c2ccco2)oc1N1CCC(C(=O)Nc2ccc(OC(F)F)cc2)CC1. The average Bonchev–Trinajstić information content (AvgIpc) is 3.44. The maximum Gasteiger partial charge on any atom is 0.387 e. The fourth-order valence-corrected chi connectivity index (χ4v) is 3.41. The number of amides is 1. The third-order valence-electron chi connectivity index (χ3n) is 4.95. The molecule has 10 heteroatoms. The van der Waals surface area contributed by atoms with E-state index in [9.17, 15) is 18.8 Å². The fraction of sp³-hybridized carbons (Fsp3) is 0.286. The molecule has 0 radical (unpaired) electrons. The molecule has 0 aliphatic carbocycles. The summed E-state index contributed by atoms with van der Waals surface area (Å²) in [5, 5.41) is 12.2. The van der Waals surface area contributed by atoms with Crippen LogP contribution < -0.4 is 15.0 Å². The van der Waals surface area contributed by atoms with Crippen molar-refractivity contribution >= 4 is 17.5 Å². The summed E-state index contributed by atoms with van der Waals surface area (Å²) in [5.74, 6) is 0.665. The number of nitrogens with zero attached hydrogens (tertiary/aromatic N) is 3. The second-order valence-corrected chi connectivity index (χ2v) is 6.92. The minimum absolute atomic E-state index is 0.0237. The molecule has 1 N–H and O–H groups in total.